The van der Waals surface area contributed by atoms with Crippen LogP contribution in [0, 0.1) is 5.92 Å². The van der Waals surface area contributed by atoms with Crippen LogP contribution in [-0.2, 0) is 10.0 Å². The molecule has 0 saturated carbocycles. The highest BCUT2D eigenvalue weighted by atomic mass is 32.2. The molecule has 0 aliphatic carbocycles. The van der Waals surface area contributed by atoms with Gasteiger partial charge in [0, 0.05) is 11.5 Å². The van der Waals surface area contributed by atoms with Gasteiger partial charge in [-0.1, -0.05) is 4.49 Å². The minimum atomic E-state index is -3.26. The molecule has 1 aliphatic heterocycles. The quantitative estimate of drug-likeness (QED) is 0.814. The van der Waals surface area contributed by atoms with Crippen LogP contribution in [0.4, 0.5) is 5.00 Å². The van der Waals surface area contributed by atoms with Crippen LogP contribution in [0.25, 0.3) is 0 Å². The number of aromatic nitrogens is 2. The molecule has 0 amide bonds. The summed E-state index contributed by atoms with van der Waals surface area (Å²) in [6, 6.07) is 0. The third-order valence-electron chi connectivity index (χ3n) is 2.47. The molecule has 0 bridgehead atoms. The number of hydrogen-bond acceptors (Lipinski definition) is 6. The van der Waals surface area contributed by atoms with Gasteiger partial charge in [0.2, 0.25) is 10.0 Å². The summed E-state index contributed by atoms with van der Waals surface area (Å²) in [5, 5.41) is 7.26. The molecule has 1 fully saturated rings. The Morgan fingerprint density at radius 2 is 2.50 bits per heavy atom. The number of piperidine rings is 1. The SMILES string of the molecule is O=S(=O)(CC1CCCNC1)Nc1cnns1. The number of sulfonamides is 1. The van der Waals surface area contributed by atoms with Crippen molar-refractivity contribution >= 4 is 26.6 Å². The maximum Gasteiger partial charge on any atom is 0.233 e. The molecule has 1 saturated heterocycles. The van der Waals surface area contributed by atoms with Crippen molar-refractivity contribution in [3.8, 4) is 0 Å². The largest absolute Gasteiger partial charge is 0.316 e. The van der Waals surface area contributed by atoms with Crippen molar-refractivity contribution in [2.24, 2.45) is 5.92 Å². The predicted molar refractivity (Wildman–Crippen MR) is 62.9 cm³/mol. The first-order chi connectivity index (χ1) is 7.66. The molecule has 1 atom stereocenters. The molecule has 2 rings (SSSR count). The highest BCUT2D eigenvalue weighted by Crippen LogP contribution is 2.16. The van der Waals surface area contributed by atoms with Crippen LogP contribution in [0.5, 0.6) is 0 Å². The summed E-state index contributed by atoms with van der Waals surface area (Å²) < 4.78 is 29.6. The van der Waals surface area contributed by atoms with Gasteiger partial charge in [0.1, 0.15) is 5.00 Å². The van der Waals surface area contributed by atoms with Crippen LogP contribution in [0.3, 0.4) is 0 Å². The maximum atomic E-state index is 11.8. The second-order valence-corrected chi connectivity index (χ2v) is 6.43. The van der Waals surface area contributed by atoms with Crippen molar-refractivity contribution < 1.29 is 8.42 Å². The summed E-state index contributed by atoms with van der Waals surface area (Å²) >= 11 is 1.04. The fourth-order valence-corrected chi connectivity index (χ4v) is 3.94. The van der Waals surface area contributed by atoms with E-state index < -0.39 is 10.0 Å². The van der Waals surface area contributed by atoms with E-state index in [1.165, 1.54) is 6.20 Å². The molecule has 2 N–H and O–H groups in total. The molecule has 6 nitrogen and oxygen atoms in total. The van der Waals surface area contributed by atoms with Gasteiger partial charge >= 0.3 is 0 Å². The molecule has 1 unspecified atom stereocenters. The summed E-state index contributed by atoms with van der Waals surface area (Å²) in [6.07, 6.45) is 3.43. The molecule has 0 aromatic carbocycles. The van der Waals surface area contributed by atoms with Gasteiger partial charge in [-0.25, -0.2) is 8.42 Å². The smallest absolute Gasteiger partial charge is 0.233 e. The Morgan fingerprint density at radius 3 is 3.12 bits per heavy atom. The Balaban J connectivity index is 1.92. The van der Waals surface area contributed by atoms with E-state index in [2.05, 4.69) is 19.6 Å². The van der Waals surface area contributed by atoms with E-state index in [0.717, 1.165) is 37.5 Å². The molecule has 8 heteroatoms. The predicted octanol–water partition coefficient (Wildman–Crippen LogP) is 0.279. The number of rotatable bonds is 4. The minimum Gasteiger partial charge on any atom is -0.316 e. The molecular formula is C8H14N4O2S2. The fraction of sp³-hybridized carbons (Fsp3) is 0.750. The van der Waals surface area contributed by atoms with E-state index in [1.54, 1.807) is 0 Å². The van der Waals surface area contributed by atoms with Gasteiger partial charge < -0.3 is 5.32 Å². The van der Waals surface area contributed by atoms with E-state index in [1.807, 2.05) is 0 Å². The van der Waals surface area contributed by atoms with Gasteiger partial charge in [0.25, 0.3) is 0 Å². The lowest BCUT2D eigenvalue weighted by atomic mass is 10.0. The second kappa shape index (κ2) is 5.07. The average Bonchev–Trinajstić information content (AvgIpc) is 2.70. The summed E-state index contributed by atoms with van der Waals surface area (Å²) in [7, 11) is -3.26. The van der Waals surface area contributed by atoms with Crippen molar-refractivity contribution in [1.82, 2.24) is 14.9 Å². The van der Waals surface area contributed by atoms with Gasteiger partial charge in [-0.05, 0) is 31.8 Å². The standard InChI is InChI=1S/C8H14N4O2S2/c13-16(14,11-8-5-10-12-15-8)6-7-2-1-3-9-4-7/h5,7,9,11H,1-4,6H2. The molecule has 1 aromatic heterocycles. The number of nitrogens with one attached hydrogen (secondary N) is 2. The Hall–Kier alpha value is -0.730. The van der Waals surface area contributed by atoms with Gasteiger partial charge in [-0.2, -0.15) is 0 Å². The summed E-state index contributed by atoms with van der Waals surface area (Å²) in [5.41, 5.74) is 0. The molecular weight excluding hydrogens is 248 g/mol. The van der Waals surface area contributed by atoms with Crippen LogP contribution < -0.4 is 10.0 Å². The van der Waals surface area contributed by atoms with Crippen LogP contribution in [0.2, 0.25) is 0 Å². The van der Waals surface area contributed by atoms with Gasteiger partial charge in [-0.15, -0.1) is 5.10 Å². The zero-order valence-corrected chi connectivity index (χ0v) is 10.4. The van der Waals surface area contributed by atoms with Gasteiger partial charge in [0.05, 0.1) is 11.9 Å². The Kier molecular flexibility index (Phi) is 3.72. The minimum absolute atomic E-state index is 0.165. The molecule has 2 heterocycles. The lowest BCUT2D eigenvalue weighted by molar-refractivity contribution is 0.404. The lowest BCUT2D eigenvalue weighted by Crippen LogP contribution is -2.35. The van der Waals surface area contributed by atoms with E-state index in [4.69, 9.17) is 0 Å². The zero-order chi connectivity index (χ0) is 11.4. The second-order valence-electron chi connectivity index (χ2n) is 3.88. The van der Waals surface area contributed by atoms with Gasteiger partial charge in [0.15, 0.2) is 0 Å². The van der Waals surface area contributed by atoms with Gasteiger partial charge in [-0.3, -0.25) is 4.72 Å². The first-order valence-corrected chi connectivity index (χ1v) is 7.57. The van der Waals surface area contributed by atoms with Crippen LogP contribution in [0.15, 0.2) is 6.20 Å². The summed E-state index contributed by atoms with van der Waals surface area (Å²) in [6.45, 7) is 1.77. The van der Waals surface area contributed by atoms with E-state index in [0.29, 0.717) is 5.00 Å². The van der Waals surface area contributed by atoms with Crippen LogP contribution >= 0.6 is 11.5 Å². The highest BCUT2D eigenvalue weighted by molar-refractivity contribution is 7.92. The molecule has 1 aromatic rings. The highest BCUT2D eigenvalue weighted by Gasteiger charge is 2.21. The number of nitrogens with zero attached hydrogens (tertiary/aromatic N) is 2. The first kappa shape index (κ1) is 11.7. The van der Waals surface area contributed by atoms with E-state index in [-0.39, 0.29) is 11.7 Å². The van der Waals surface area contributed by atoms with Crippen LogP contribution in [-0.4, -0.2) is 36.8 Å². The number of anilines is 1. The molecule has 16 heavy (non-hydrogen) atoms. The van der Waals surface area contributed by atoms with Crippen molar-refractivity contribution in [3.05, 3.63) is 6.20 Å². The molecule has 0 radical (unpaired) electrons. The molecule has 90 valence electrons. The normalized spacial score (nSPS) is 21.9. The first-order valence-electron chi connectivity index (χ1n) is 5.14. The van der Waals surface area contributed by atoms with E-state index >= 15 is 0 Å². The Morgan fingerprint density at radius 1 is 1.62 bits per heavy atom. The van der Waals surface area contributed by atoms with Crippen LogP contribution in [0.1, 0.15) is 12.8 Å². The fourth-order valence-electron chi connectivity index (χ4n) is 1.78. The Labute approximate surface area is 98.7 Å². The summed E-state index contributed by atoms with van der Waals surface area (Å²) in [5.74, 6) is 0.366. The monoisotopic (exact) mass is 262 g/mol. The Bertz CT molecular complexity index is 411. The van der Waals surface area contributed by atoms with Crippen molar-refractivity contribution in [2.45, 2.75) is 12.8 Å². The van der Waals surface area contributed by atoms with Crippen molar-refractivity contribution in [2.75, 3.05) is 23.6 Å². The molecule has 0 spiro atoms. The topological polar surface area (TPSA) is 84.0 Å². The molecule has 1 aliphatic rings. The zero-order valence-electron chi connectivity index (χ0n) is 8.72. The summed E-state index contributed by atoms with van der Waals surface area (Å²) in [4.78, 5) is 0. The van der Waals surface area contributed by atoms with E-state index in [9.17, 15) is 8.42 Å². The van der Waals surface area contributed by atoms with Crippen molar-refractivity contribution in [1.29, 1.82) is 0 Å². The number of hydrogen-bond donors (Lipinski definition) is 2. The van der Waals surface area contributed by atoms with Crippen molar-refractivity contribution in [3.63, 3.8) is 0 Å². The lowest BCUT2D eigenvalue weighted by Gasteiger charge is -2.22. The average molecular weight is 262 g/mol. The third kappa shape index (κ3) is 3.39. The third-order valence-corrected chi connectivity index (χ3v) is 4.62. The maximum absolute atomic E-state index is 11.8.